The highest BCUT2D eigenvalue weighted by atomic mass is 79.9. The minimum absolute atomic E-state index is 0.197. The van der Waals surface area contributed by atoms with Gasteiger partial charge in [0, 0.05) is 10.2 Å². The maximum Gasteiger partial charge on any atom is 0.277 e. The van der Waals surface area contributed by atoms with Gasteiger partial charge in [-0.1, -0.05) is 58.0 Å². The maximum atomic E-state index is 13.6. The molecule has 0 spiro atoms. The Kier molecular flexibility index (Phi) is 4.36. The van der Waals surface area contributed by atoms with Crippen LogP contribution in [0.5, 0.6) is 0 Å². The molecule has 6 heteroatoms. The SMILES string of the molecule is Fc1ccccc1-c1nnc(SCc2ccccc2Br)o1. The van der Waals surface area contributed by atoms with Gasteiger partial charge in [0.2, 0.25) is 0 Å². The van der Waals surface area contributed by atoms with Crippen molar-refractivity contribution in [2.75, 3.05) is 0 Å². The number of aromatic nitrogens is 2. The molecule has 0 aliphatic heterocycles. The average molecular weight is 365 g/mol. The lowest BCUT2D eigenvalue weighted by molar-refractivity contribution is 0.463. The van der Waals surface area contributed by atoms with Gasteiger partial charge in [-0.15, -0.1) is 10.2 Å². The predicted molar refractivity (Wildman–Crippen MR) is 83.4 cm³/mol. The van der Waals surface area contributed by atoms with E-state index in [1.807, 2.05) is 24.3 Å². The van der Waals surface area contributed by atoms with Crippen molar-refractivity contribution in [1.82, 2.24) is 10.2 Å². The van der Waals surface area contributed by atoms with E-state index in [1.165, 1.54) is 17.8 Å². The van der Waals surface area contributed by atoms with E-state index in [0.29, 0.717) is 16.5 Å². The fraction of sp³-hybridized carbons (Fsp3) is 0.0667. The number of rotatable bonds is 4. The molecule has 1 aromatic heterocycles. The Hall–Kier alpha value is -1.66. The van der Waals surface area contributed by atoms with E-state index in [-0.39, 0.29) is 11.7 Å². The van der Waals surface area contributed by atoms with E-state index >= 15 is 0 Å². The van der Waals surface area contributed by atoms with Gasteiger partial charge >= 0.3 is 0 Å². The molecule has 0 saturated carbocycles. The predicted octanol–water partition coefficient (Wildman–Crippen LogP) is 4.93. The molecular weight excluding hydrogens is 355 g/mol. The minimum Gasteiger partial charge on any atom is -0.411 e. The fourth-order valence-electron chi connectivity index (χ4n) is 1.77. The number of benzene rings is 2. The topological polar surface area (TPSA) is 38.9 Å². The molecule has 0 amide bonds. The second kappa shape index (κ2) is 6.41. The van der Waals surface area contributed by atoms with E-state index in [0.717, 1.165) is 10.0 Å². The molecule has 3 aromatic rings. The molecular formula is C15H10BrFN2OS. The van der Waals surface area contributed by atoms with Gasteiger partial charge in [0.05, 0.1) is 5.56 Å². The number of hydrogen-bond acceptors (Lipinski definition) is 4. The molecule has 21 heavy (non-hydrogen) atoms. The van der Waals surface area contributed by atoms with E-state index in [1.54, 1.807) is 18.2 Å². The van der Waals surface area contributed by atoms with Crippen molar-refractivity contribution in [3.05, 3.63) is 64.4 Å². The molecule has 0 fully saturated rings. The van der Waals surface area contributed by atoms with Crippen LogP contribution in [-0.4, -0.2) is 10.2 Å². The first-order chi connectivity index (χ1) is 10.2. The van der Waals surface area contributed by atoms with Crippen LogP contribution in [0, 0.1) is 5.82 Å². The third-order valence-corrected chi connectivity index (χ3v) is 4.46. The molecule has 3 nitrogen and oxygen atoms in total. The van der Waals surface area contributed by atoms with Crippen LogP contribution < -0.4 is 0 Å². The molecule has 0 N–H and O–H groups in total. The number of nitrogens with zero attached hydrogens (tertiary/aromatic N) is 2. The number of thioether (sulfide) groups is 1. The Bertz CT molecular complexity index is 763. The van der Waals surface area contributed by atoms with Crippen LogP contribution in [0.25, 0.3) is 11.5 Å². The average Bonchev–Trinajstić information content (AvgIpc) is 2.96. The summed E-state index contributed by atoms with van der Waals surface area (Å²) in [5, 5.41) is 8.26. The Balaban J connectivity index is 1.74. The van der Waals surface area contributed by atoms with Crippen molar-refractivity contribution in [3.8, 4) is 11.5 Å². The van der Waals surface area contributed by atoms with Crippen molar-refractivity contribution in [2.24, 2.45) is 0 Å². The van der Waals surface area contributed by atoms with E-state index in [2.05, 4.69) is 26.1 Å². The summed E-state index contributed by atoms with van der Waals surface area (Å²) in [4.78, 5) is 0. The Morgan fingerprint density at radius 3 is 2.62 bits per heavy atom. The van der Waals surface area contributed by atoms with Crippen molar-refractivity contribution < 1.29 is 8.81 Å². The summed E-state index contributed by atoms with van der Waals surface area (Å²) in [6, 6.07) is 14.3. The summed E-state index contributed by atoms with van der Waals surface area (Å²) in [6.45, 7) is 0. The Labute approximate surface area is 133 Å². The quantitative estimate of drug-likeness (QED) is 0.615. The zero-order valence-corrected chi connectivity index (χ0v) is 13.2. The highest BCUT2D eigenvalue weighted by Gasteiger charge is 2.13. The minimum atomic E-state index is -0.372. The Morgan fingerprint density at radius 2 is 1.81 bits per heavy atom. The van der Waals surface area contributed by atoms with Gasteiger partial charge in [0.25, 0.3) is 11.1 Å². The van der Waals surface area contributed by atoms with Crippen LogP contribution in [-0.2, 0) is 5.75 Å². The van der Waals surface area contributed by atoms with E-state index < -0.39 is 0 Å². The number of halogens is 2. The van der Waals surface area contributed by atoms with Crippen molar-refractivity contribution >= 4 is 27.7 Å². The summed E-state index contributed by atoms with van der Waals surface area (Å²) in [6.07, 6.45) is 0. The van der Waals surface area contributed by atoms with Crippen LogP contribution in [0.1, 0.15) is 5.56 Å². The fourth-order valence-corrected chi connectivity index (χ4v) is 3.14. The molecule has 0 atom stereocenters. The zero-order chi connectivity index (χ0) is 14.7. The zero-order valence-electron chi connectivity index (χ0n) is 10.8. The largest absolute Gasteiger partial charge is 0.411 e. The molecule has 0 radical (unpaired) electrons. The van der Waals surface area contributed by atoms with Gasteiger partial charge in [0.15, 0.2) is 0 Å². The molecule has 0 aliphatic carbocycles. The van der Waals surface area contributed by atoms with E-state index in [9.17, 15) is 4.39 Å². The van der Waals surface area contributed by atoms with Gasteiger partial charge in [0.1, 0.15) is 5.82 Å². The lowest BCUT2D eigenvalue weighted by atomic mass is 10.2. The van der Waals surface area contributed by atoms with Gasteiger partial charge in [-0.2, -0.15) is 0 Å². The van der Waals surface area contributed by atoms with Crippen LogP contribution in [0.2, 0.25) is 0 Å². The van der Waals surface area contributed by atoms with Crippen molar-refractivity contribution in [2.45, 2.75) is 11.0 Å². The molecule has 0 unspecified atom stereocenters. The molecule has 106 valence electrons. The van der Waals surface area contributed by atoms with Crippen molar-refractivity contribution in [3.63, 3.8) is 0 Å². The first-order valence-corrected chi connectivity index (χ1v) is 7.96. The van der Waals surface area contributed by atoms with Gasteiger partial charge in [-0.25, -0.2) is 4.39 Å². The molecule has 1 heterocycles. The standard InChI is InChI=1S/C15H10BrFN2OS/c16-12-7-3-1-5-10(12)9-21-15-19-18-14(20-15)11-6-2-4-8-13(11)17/h1-8H,9H2. The monoisotopic (exact) mass is 364 g/mol. The smallest absolute Gasteiger partial charge is 0.277 e. The second-order valence-electron chi connectivity index (χ2n) is 4.23. The third-order valence-electron chi connectivity index (χ3n) is 2.82. The van der Waals surface area contributed by atoms with E-state index in [4.69, 9.17) is 4.42 Å². The summed E-state index contributed by atoms with van der Waals surface area (Å²) >= 11 is 4.91. The highest BCUT2D eigenvalue weighted by molar-refractivity contribution is 9.10. The molecule has 2 aromatic carbocycles. The molecule has 3 rings (SSSR count). The molecule has 0 aliphatic rings. The maximum absolute atomic E-state index is 13.6. The normalized spacial score (nSPS) is 10.8. The third kappa shape index (κ3) is 3.33. The lowest BCUT2D eigenvalue weighted by Crippen LogP contribution is -1.82. The highest BCUT2D eigenvalue weighted by Crippen LogP contribution is 2.29. The van der Waals surface area contributed by atoms with Crippen LogP contribution >= 0.6 is 27.7 Å². The van der Waals surface area contributed by atoms with Crippen LogP contribution in [0.3, 0.4) is 0 Å². The first-order valence-electron chi connectivity index (χ1n) is 6.18. The molecule has 0 bridgehead atoms. The number of hydrogen-bond donors (Lipinski definition) is 0. The van der Waals surface area contributed by atoms with Crippen LogP contribution in [0.4, 0.5) is 4.39 Å². The van der Waals surface area contributed by atoms with Gasteiger partial charge in [-0.3, -0.25) is 0 Å². The van der Waals surface area contributed by atoms with Gasteiger partial charge in [-0.05, 0) is 23.8 Å². The summed E-state index contributed by atoms with van der Waals surface area (Å²) in [5.41, 5.74) is 1.45. The first kappa shape index (κ1) is 14.3. The second-order valence-corrected chi connectivity index (χ2v) is 6.01. The summed E-state index contributed by atoms with van der Waals surface area (Å²) in [5.74, 6) is 0.520. The summed E-state index contributed by atoms with van der Waals surface area (Å²) in [7, 11) is 0. The van der Waals surface area contributed by atoms with Crippen molar-refractivity contribution in [1.29, 1.82) is 0 Å². The molecule has 0 saturated heterocycles. The Morgan fingerprint density at radius 1 is 1.05 bits per heavy atom. The van der Waals surface area contributed by atoms with Gasteiger partial charge < -0.3 is 4.42 Å². The summed E-state index contributed by atoms with van der Waals surface area (Å²) < 4.78 is 20.2. The lowest BCUT2D eigenvalue weighted by Gasteiger charge is -2.00. The van der Waals surface area contributed by atoms with Crippen LogP contribution in [0.15, 0.2) is 62.6 Å².